The number of primary amides is 1. The summed E-state index contributed by atoms with van der Waals surface area (Å²) in [5.41, 5.74) is 11.9. The Labute approximate surface area is 223 Å². The van der Waals surface area contributed by atoms with Crippen LogP contribution in [0.25, 0.3) is 0 Å². The summed E-state index contributed by atoms with van der Waals surface area (Å²) in [7, 11) is 0. The highest BCUT2D eigenvalue weighted by Gasteiger charge is 2.69. The van der Waals surface area contributed by atoms with Crippen LogP contribution in [0.1, 0.15) is 38.3 Å². The topological polar surface area (TPSA) is 205 Å². The lowest BCUT2D eigenvalue weighted by atomic mass is 9.87. The van der Waals surface area contributed by atoms with E-state index in [0.29, 0.717) is 22.5 Å². The highest BCUT2D eigenvalue weighted by Crippen LogP contribution is 2.44. The maximum atomic E-state index is 12.7. The molecule has 3 unspecified atom stereocenters. The molecule has 0 bridgehead atoms. The van der Waals surface area contributed by atoms with E-state index in [4.69, 9.17) is 16.2 Å². The lowest BCUT2D eigenvalue weighted by Gasteiger charge is -2.48. The Bertz CT molecular complexity index is 1360. The highest BCUT2D eigenvalue weighted by molar-refractivity contribution is 6.09. The van der Waals surface area contributed by atoms with Gasteiger partial charge in [0.25, 0.3) is 0 Å². The van der Waals surface area contributed by atoms with Crippen molar-refractivity contribution in [2.24, 2.45) is 16.5 Å². The number of ketones is 1. The fraction of sp³-hybridized carbons (Fsp3) is 0.308. The zero-order valence-corrected chi connectivity index (χ0v) is 20.9. The Morgan fingerprint density at radius 2 is 1.72 bits per heavy atom. The van der Waals surface area contributed by atoms with Gasteiger partial charge in [0.1, 0.15) is 18.7 Å². The van der Waals surface area contributed by atoms with E-state index in [-0.39, 0.29) is 37.9 Å². The molecule has 3 aliphatic heterocycles. The number of aliphatic imine (C=N–C) groups is 1. The van der Waals surface area contributed by atoms with Gasteiger partial charge in [0.15, 0.2) is 17.4 Å². The third kappa shape index (κ3) is 4.51. The molecule has 0 aromatic heterocycles. The summed E-state index contributed by atoms with van der Waals surface area (Å²) in [4.78, 5) is 42.3. The first-order chi connectivity index (χ1) is 18.5. The number of hydrogen-bond donors (Lipinski definition) is 7. The number of carbonyl (C=O) groups is 3. The van der Waals surface area contributed by atoms with Gasteiger partial charge in [-0.25, -0.2) is 9.79 Å². The van der Waals surface area contributed by atoms with Crippen molar-refractivity contribution < 1.29 is 29.3 Å². The van der Waals surface area contributed by atoms with Gasteiger partial charge in [0, 0.05) is 36.2 Å². The van der Waals surface area contributed by atoms with Gasteiger partial charge in [-0.15, -0.1) is 0 Å². The molecule has 2 aromatic carbocycles. The minimum atomic E-state index is -2.12. The highest BCUT2D eigenvalue weighted by atomic mass is 16.5. The average Bonchev–Trinajstić information content (AvgIpc) is 3.41. The van der Waals surface area contributed by atoms with Gasteiger partial charge in [0.05, 0.1) is 5.82 Å². The molecule has 13 heteroatoms. The lowest BCUT2D eigenvalue weighted by Crippen LogP contribution is -2.76. The number of guanidine groups is 1. The van der Waals surface area contributed by atoms with Gasteiger partial charge < -0.3 is 47.3 Å². The average molecular weight is 536 g/mol. The van der Waals surface area contributed by atoms with Crippen LogP contribution in [0.3, 0.4) is 0 Å². The molecule has 0 aliphatic carbocycles. The molecule has 2 amide bonds. The molecule has 9 N–H and O–H groups in total. The molecule has 1 spiro atoms. The first kappa shape index (κ1) is 26.0. The van der Waals surface area contributed by atoms with E-state index >= 15 is 0 Å². The quantitative estimate of drug-likeness (QED) is 0.171. The van der Waals surface area contributed by atoms with Crippen molar-refractivity contribution in [2.75, 3.05) is 13.2 Å². The van der Waals surface area contributed by atoms with Gasteiger partial charge in [-0.3, -0.25) is 9.59 Å². The van der Waals surface area contributed by atoms with E-state index in [1.807, 2.05) is 0 Å². The van der Waals surface area contributed by atoms with Crippen molar-refractivity contribution in [3.05, 3.63) is 83.2 Å². The monoisotopic (exact) mass is 535 g/mol. The second-order valence-electron chi connectivity index (χ2n) is 9.68. The van der Waals surface area contributed by atoms with Crippen molar-refractivity contribution in [3.63, 3.8) is 0 Å². The van der Waals surface area contributed by atoms with Gasteiger partial charge in [-0.05, 0) is 17.7 Å². The molecule has 2 aromatic rings. The number of rotatable bonds is 7. The van der Waals surface area contributed by atoms with Crippen LogP contribution in [-0.2, 0) is 11.3 Å². The van der Waals surface area contributed by atoms with Crippen LogP contribution in [0.15, 0.2) is 65.9 Å². The number of ether oxygens (including phenoxy) is 1. The maximum Gasteiger partial charge on any atom is 0.407 e. The summed E-state index contributed by atoms with van der Waals surface area (Å²) in [5, 5.41) is 30.2. The Morgan fingerprint density at radius 3 is 2.36 bits per heavy atom. The third-order valence-electron chi connectivity index (χ3n) is 7.27. The van der Waals surface area contributed by atoms with Crippen molar-refractivity contribution in [3.8, 4) is 0 Å². The lowest BCUT2D eigenvalue weighted by molar-refractivity contribution is -0.222. The summed E-state index contributed by atoms with van der Waals surface area (Å²) in [5.74, 6) is -2.43. The van der Waals surface area contributed by atoms with Gasteiger partial charge in [-0.2, -0.15) is 0 Å². The van der Waals surface area contributed by atoms with E-state index < -0.39 is 35.5 Å². The van der Waals surface area contributed by atoms with Gasteiger partial charge in [0.2, 0.25) is 11.7 Å². The van der Waals surface area contributed by atoms with Crippen LogP contribution in [0.4, 0.5) is 4.79 Å². The first-order valence-electron chi connectivity index (χ1n) is 12.3. The predicted molar refractivity (Wildman–Crippen MR) is 139 cm³/mol. The molecular weight excluding hydrogens is 506 g/mol. The van der Waals surface area contributed by atoms with Crippen LogP contribution in [0.5, 0.6) is 0 Å². The number of benzene rings is 2. The molecule has 2 saturated heterocycles. The molecule has 3 atom stereocenters. The van der Waals surface area contributed by atoms with Crippen molar-refractivity contribution in [2.45, 2.75) is 36.5 Å². The largest absolute Gasteiger partial charge is 0.447 e. The second kappa shape index (κ2) is 9.60. The van der Waals surface area contributed by atoms with Crippen molar-refractivity contribution in [1.29, 1.82) is 0 Å². The molecule has 3 aliphatic rings. The van der Waals surface area contributed by atoms with E-state index in [2.05, 4.69) is 27.5 Å². The molecule has 0 radical (unpaired) electrons. The molecule has 39 heavy (non-hydrogen) atoms. The zero-order chi connectivity index (χ0) is 27.9. The number of carbonyl (C=O) groups excluding carboxylic acids is 3. The summed E-state index contributed by atoms with van der Waals surface area (Å²) in [6, 6.07) is 11.4. The maximum absolute atomic E-state index is 12.7. The van der Waals surface area contributed by atoms with Crippen molar-refractivity contribution >= 4 is 23.7 Å². The van der Waals surface area contributed by atoms with Crippen LogP contribution >= 0.6 is 0 Å². The predicted octanol–water partition coefficient (Wildman–Crippen LogP) is -0.945. The molecule has 13 nitrogen and oxygen atoms in total. The Kier molecular flexibility index (Phi) is 6.40. The summed E-state index contributed by atoms with van der Waals surface area (Å²) in [6.45, 7) is 4.09. The number of nitrogens with two attached hydrogens (primary N) is 2. The SMILES string of the molecule is C=C1NC2C(COC(=O)NCc3ccc(C(=O)c4ccc(C(N)=O)cc4)cc3)N=C(N)N3CCC(O)(O)C23N1. The molecule has 204 valence electrons. The molecule has 5 rings (SSSR count). The van der Waals surface area contributed by atoms with E-state index in [9.17, 15) is 24.6 Å². The first-order valence-corrected chi connectivity index (χ1v) is 12.3. The molecule has 0 saturated carbocycles. The van der Waals surface area contributed by atoms with Gasteiger partial charge >= 0.3 is 6.09 Å². The van der Waals surface area contributed by atoms with Crippen LogP contribution < -0.4 is 27.4 Å². The third-order valence-corrected chi connectivity index (χ3v) is 7.27. The summed E-state index contributed by atoms with van der Waals surface area (Å²) >= 11 is 0. The minimum absolute atomic E-state index is 0.0434. The Hall–Kier alpha value is -4.62. The Balaban J connectivity index is 1.17. The molecular formula is C26H29N7O6. The van der Waals surface area contributed by atoms with E-state index in [1.54, 1.807) is 29.2 Å². The van der Waals surface area contributed by atoms with Crippen LogP contribution in [-0.4, -0.2) is 75.5 Å². The van der Waals surface area contributed by atoms with Crippen molar-refractivity contribution in [1.82, 2.24) is 20.9 Å². The van der Waals surface area contributed by atoms with E-state index in [1.165, 1.54) is 24.3 Å². The number of nitrogens with one attached hydrogen (secondary N) is 3. The smallest absolute Gasteiger partial charge is 0.407 e. The number of nitrogens with zero attached hydrogens (tertiary/aromatic N) is 2. The standard InChI is InChI=1S/C26H29N7O6/c1-14-30-21-19(31-23(28)33-11-10-25(37,38)26(21,33)32-14)13-39-24(36)29-12-15-2-4-16(5-3-15)20(34)17-6-8-18(9-7-17)22(27)35/h2-9,19,21,30,32,37-38H,1,10-13H2,(H2,27,35)(H2,28,31)(H,29,36). The fourth-order valence-electron chi connectivity index (χ4n) is 5.30. The number of alkyl carbamates (subject to hydrolysis) is 1. The normalized spacial score (nSPS) is 24.5. The molecule has 2 fully saturated rings. The Morgan fingerprint density at radius 1 is 1.10 bits per heavy atom. The summed E-state index contributed by atoms with van der Waals surface area (Å²) in [6.07, 6.45) is -0.660. The number of hydrogen-bond acceptors (Lipinski definition) is 11. The van der Waals surface area contributed by atoms with Crippen LogP contribution in [0, 0.1) is 0 Å². The molecule has 3 heterocycles. The minimum Gasteiger partial charge on any atom is -0.447 e. The second-order valence-corrected chi connectivity index (χ2v) is 9.68. The number of amides is 2. The van der Waals surface area contributed by atoms with Crippen LogP contribution in [0.2, 0.25) is 0 Å². The van der Waals surface area contributed by atoms with Gasteiger partial charge in [-0.1, -0.05) is 43.0 Å². The fourth-order valence-corrected chi connectivity index (χ4v) is 5.30. The summed E-state index contributed by atoms with van der Waals surface area (Å²) < 4.78 is 5.38. The zero-order valence-electron chi connectivity index (χ0n) is 20.9. The number of aliphatic hydroxyl groups is 2. The van der Waals surface area contributed by atoms with E-state index in [0.717, 1.165) is 5.56 Å².